The van der Waals surface area contributed by atoms with E-state index in [1.807, 2.05) is 23.6 Å². The van der Waals surface area contributed by atoms with E-state index in [2.05, 4.69) is 10.4 Å². The average Bonchev–Trinajstić information content (AvgIpc) is 2.87. The zero-order valence-electron chi connectivity index (χ0n) is 8.97. The van der Waals surface area contributed by atoms with E-state index in [9.17, 15) is 0 Å². The van der Waals surface area contributed by atoms with E-state index in [1.165, 1.54) is 11.3 Å². The van der Waals surface area contributed by atoms with Crippen molar-refractivity contribution in [2.75, 3.05) is 18.6 Å². The number of benzene rings is 1. The second kappa shape index (κ2) is 4.23. The van der Waals surface area contributed by atoms with E-state index >= 15 is 0 Å². The summed E-state index contributed by atoms with van der Waals surface area (Å²) in [6, 6.07) is 5.80. The topological polar surface area (TPSA) is 69.4 Å². The van der Waals surface area contributed by atoms with Crippen molar-refractivity contribution >= 4 is 16.5 Å². The number of nitrogens with zero attached hydrogens (tertiary/aromatic N) is 1. The highest BCUT2D eigenvalue weighted by Gasteiger charge is 2.13. The van der Waals surface area contributed by atoms with Crippen LogP contribution in [0.5, 0.6) is 11.5 Å². The van der Waals surface area contributed by atoms with Crippen LogP contribution in [0.15, 0.2) is 23.6 Å². The molecule has 6 heteroatoms. The minimum atomic E-state index is 0.586. The van der Waals surface area contributed by atoms with Gasteiger partial charge in [0.15, 0.2) is 16.6 Å². The number of thiazole rings is 1. The van der Waals surface area contributed by atoms with Gasteiger partial charge >= 0.3 is 0 Å². The third kappa shape index (κ3) is 1.92. The summed E-state index contributed by atoms with van der Waals surface area (Å²) in [5.74, 6) is 6.86. The van der Waals surface area contributed by atoms with Gasteiger partial charge in [0, 0.05) is 10.9 Å². The monoisotopic (exact) mass is 249 g/mol. The molecule has 3 N–H and O–H groups in total. The summed E-state index contributed by atoms with van der Waals surface area (Å²) in [5.41, 5.74) is 4.40. The molecule has 0 radical (unpaired) electrons. The van der Waals surface area contributed by atoms with Crippen LogP contribution >= 0.6 is 11.3 Å². The van der Waals surface area contributed by atoms with Crippen LogP contribution in [-0.4, -0.2) is 18.2 Å². The van der Waals surface area contributed by atoms with Gasteiger partial charge < -0.3 is 9.47 Å². The lowest BCUT2D eigenvalue weighted by Crippen LogP contribution is -2.15. The molecule has 1 aromatic carbocycles. The van der Waals surface area contributed by atoms with Gasteiger partial charge in [0.1, 0.15) is 13.2 Å². The summed E-state index contributed by atoms with van der Waals surface area (Å²) >= 11 is 1.46. The van der Waals surface area contributed by atoms with Crippen LogP contribution in [0.2, 0.25) is 0 Å². The number of hydrogen-bond acceptors (Lipinski definition) is 6. The van der Waals surface area contributed by atoms with Crippen molar-refractivity contribution < 1.29 is 9.47 Å². The molecule has 5 nitrogen and oxygen atoms in total. The predicted octanol–water partition coefficient (Wildman–Crippen LogP) is 1.87. The summed E-state index contributed by atoms with van der Waals surface area (Å²) in [5, 5.41) is 2.63. The standard InChI is InChI=1S/C11H11N3O2S/c12-14-11-13-8(6-17-11)7-1-2-9-10(5-7)16-4-3-15-9/h1-2,5-6H,3-4,12H2,(H,13,14). The molecule has 0 bridgehead atoms. The molecule has 0 spiro atoms. The third-order valence-corrected chi connectivity index (χ3v) is 3.24. The van der Waals surface area contributed by atoms with Crippen molar-refractivity contribution in [3.05, 3.63) is 23.6 Å². The molecule has 1 aliphatic rings. The Hall–Kier alpha value is -1.79. The quantitative estimate of drug-likeness (QED) is 0.628. The Labute approximate surface area is 102 Å². The zero-order chi connectivity index (χ0) is 11.7. The number of hydrazine groups is 1. The molecule has 17 heavy (non-hydrogen) atoms. The fourth-order valence-corrected chi connectivity index (χ4v) is 2.31. The molecule has 88 valence electrons. The lowest BCUT2D eigenvalue weighted by Gasteiger charge is -2.18. The Kier molecular flexibility index (Phi) is 2.58. The van der Waals surface area contributed by atoms with E-state index in [1.54, 1.807) is 0 Å². The van der Waals surface area contributed by atoms with E-state index in [4.69, 9.17) is 15.3 Å². The molecule has 1 aliphatic heterocycles. The third-order valence-electron chi connectivity index (χ3n) is 2.47. The fraction of sp³-hybridized carbons (Fsp3) is 0.182. The summed E-state index contributed by atoms with van der Waals surface area (Å²) < 4.78 is 11.0. The minimum Gasteiger partial charge on any atom is -0.486 e. The smallest absolute Gasteiger partial charge is 0.197 e. The SMILES string of the molecule is NNc1nc(-c2ccc3c(c2)OCCO3)cs1. The van der Waals surface area contributed by atoms with Crippen LogP contribution in [0.1, 0.15) is 0 Å². The van der Waals surface area contributed by atoms with Crippen LogP contribution in [0, 0.1) is 0 Å². The zero-order valence-corrected chi connectivity index (χ0v) is 9.79. The summed E-state index contributed by atoms with van der Waals surface area (Å²) in [6.45, 7) is 1.19. The molecule has 0 unspecified atom stereocenters. The first-order chi connectivity index (χ1) is 8.36. The Morgan fingerprint density at radius 2 is 2.06 bits per heavy atom. The molecule has 0 aliphatic carbocycles. The number of nitrogens with two attached hydrogens (primary N) is 1. The molecule has 2 heterocycles. The van der Waals surface area contributed by atoms with Crippen LogP contribution in [-0.2, 0) is 0 Å². The van der Waals surface area contributed by atoms with Gasteiger partial charge in [-0.3, -0.25) is 5.43 Å². The molecule has 0 atom stereocenters. The molecule has 3 rings (SSSR count). The summed E-state index contributed by atoms with van der Waals surface area (Å²) in [7, 11) is 0. The first-order valence-corrected chi connectivity index (χ1v) is 6.07. The Morgan fingerprint density at radius 3 is 2.82 bits per heavy atom. The van der Waals surface area contributed by atoms with Gasteiger partial charge in [0.2, 0.25) is 0 Å². The van der Waals surface area contributed by atoms with E-state index < -0.39 is 0 Å². The predicted molar refractivity (Wildman–Crippen MR) is 66.4 cm³/mol. The molecular weight excluding hydrogens is 238 g/mol. The van der Waals surface area contributed by atoms with Crippen molar-refractivity contribution in [1.29, 1.82) is 0 Å². The number of rotatable bonds is 2. The number of anilines is 1. The molecule has 0 saturated heterocycles. The maximum atomic E-state index is 5.53. The summed E-state index contributed by atoms with van der Waals surface area (Å²) in [6.07, 6.45) is 0. The first kappa shape index (κ1) is 10.4. The average molecular weight is 249 g/mol. The van der Waals surface area contributed by atoms with Crippen molar-refractivity contribution in [3.63, 3.8) is 0 Å². The van der Waals surface area contributed by atoms with Gasteiger partial charge in [-0.25, -0.2) is 10.8 Å². The van der Waals surface area contributed by atoms with Gasteiger partial charge in [-0.1, -0.05) is 0 Å². The molecular formula is C11H11N3O2S. The highest BCUT2D eigenvalue weighted by Crippen LogP contribution is 2.35. The van der Waals surface area contributed by atoms with Crippen molar-refractivity contribution in [2.24, 2.45) is 5.84 Å². The fourth-order valence-electron chi connectivity index (χ4n) is 1.68. The van der Waals surface area contributed by atoms with Crippen molar-refractivity contribution in [1.82, 2.24) is 4.98 Å². The Bertz CT molecular complexity index is 541. The van der Waals surface area contributed by atoms with Gasteiger partial charge in [0.25, 0.3) is 0 Å². The maximum absolute atomic E-state index is 5.53. The molecule has 1 aromatic heterocycles. The van der Waals surface area contributed by atoms with Gasteiger partial charge in [-0.15, -0.1) is 11.3 Å². The van der Waals surface area contributed by atoms with E-state index in [-0.39, 0.29) is 0 Å². The highest BCUT2D eigenvalue weighted by atomic mass is 32.1. The normalized spacial score (nSPS) is 13.5. The van der Waals surface area contributed by atoms with Crippen LogP contribution < -0.4 is 20.7 Å². The lowest BCUT2D eigenvalue weighted by molar-refractivity contribution is 0.171. The highest BCUT2D eigenvalue weighted by molar-refractivity contribution is 7.14. The van der Waals surface area contributed by atoms with Gasteiger partial charge in [-0.2, -0.15) is 0 Å². The van der Waals surface area contributed by atoms with Gasteiger partial charge in [-0.05, 0) is 18.2 Å². The van der Waals surface area contributed by atoms with E-state index in [0.717, 1.165) is 22.8 Å². The van der Waals surface area contributed by atoms with Crippen molar-refractivity contribution in [3.8, 4) is 22.8 Å². The number of aromatic nitrogens is 1. The van der Waals surface area contributed by atoms with Crippen molar-refractivity contribution in [2.45, 2.75) is 0 Å². The summed E-state index contributed by atoms with van der Waals surface area (Å²) in [4.78, 5) is 4.33. The molecule has 0 fully saturated rings. The largest absolute Gasteiger partial charge is 0.486 e. The minimum absolute atomic E-state index is 0.586. The number of nitrogen functional groups attached to an aromatic ring is 1. The van der Waals surface area contributed by atoms with Crippen LogP contribution in [0.25, 0.3) is 11.3 Å². The second-order valence-corrected chi connectivity index (χ2v) is 4.40. The van der Waals surface area contributed by atoms with E-state index in [0.29, 0.717) is 18.3 Å². The first-order valence-electron chi connectivity index (χ1n) is 5.19. The van der Waals surface area contributed by atoms with Gasteiger partial charge in [0.05, 0.1) is 5.69 Å². The number of ether oxygens (including phenoxy) is 2. The second-order valence-electron chi connectivity index (χ2n) is 3.54. The lowest BCUT2D eigenvalue weighted by atomic mass is 10.1. The number of nitrogens with one attached hydrogen (secondary N) is 1. The molecule has 0 saturated carbocycles. The maximum Gasteiger partial charge on any atom is 0.197 e. The number of hydrogen-bond donors (Lipinski definition) is 2. The van der Waals surface area contributed by atoms with Crippen LogP contribution in [0.4, 0.5) is 5.13 Å². The Morgan fingerprint density at radius 1 is 1.24 bits per heavy atom. The molecule has 2 aromatic rings. The number of fused-ring (bicyclic) bond motifs is 1. The molecule has 0 amide bonds. The van der Waals surface area contributed by atoms with Crippen LogP contribution in [0.3, 0.4) is 0 Å². The Balaban J connectivity index is 1.97.